The number of pyridine rings is 1. The zero-order valence-corrected chi connectivity index (χ0v) is 10.9. The third kappa shape index (κ3) is 1.81. The quantitative estimate of drug-likeness (QED) is 0.690. The molecular weight excluding hydrogens is 238 g/mol. The molecule has 0 bridgehead atoms. The van der Waals surface area contributed by atoms with Crippen LogP contribution in [0, 0.1) is 6.92 Å². The lowest BCUT2D eigenvalue weighted by atomic mass is 10.1. The summed E-state index contributed by atoms with van der Waals surface area (Å²) in [5.41, 5.74) is 10.5. The Morgan fingerprint density at radius 1 is 1.26 bits per heavy atom. The smallest absolute Gasteiger partial charge is 0.131 e. The summed E-state index contributed by atoms with van der Waals surface area (Å²) in [6, 6.07) is 9.75. The van der Waals surface area contributed by atoms with Crippen molar-refractivity contribution in [1.29, 1.82) is 0 Å². The van der Waals surface area contributed by atoms with Crippen molar-refractivity contribution < 1.29 is 4.74 Å². The number of aromatic nitrogens is 2. The van der Waals surface area contributed by atoms with Gasteiger partial charge >= 0.3 is 0 Å². The number of nitrogens with two attached hydrogens (primary N) is 1. The average molecular weight is 253 g/mol. The van der Waals surface area contributed by atoms with Gasteiger partial charge in [0.15, 0.2) is 0 Å². The Labute approximate surface area is 111 Å². The van der Waals surface area contributed by atoms with Gasteiger partial charge in [0.05, 0.1) is 29.7 Å². The van der Waals surface area contributed by atoms with Crippen LogP contribution in [-0.2, 0) is 0 Å². The van der Waals surface area contributed by atoms with Gasteiger partial charge in [-0.1, -0.05) is 6.07 Å². The first-order valence-electron chi connectivity index (χ1n) is 6.08. The van der Waals surface area contributed by atoms with Crippen molar-refractivity contribution in [2.24, 2.45) is 0 Å². The molecule has 4 heteroatoms. The Bertz CT molecular complexity index is 732. The largest absolute Gasteiger partial charge is 0.496 e. The first-order chi connectivity index (χ1) is 9.20. The van der Waals surface area contributed by atoms with Crippen LogP contribution in [-0.4, -0.2) is 17.1 Å². The van der Waals surface area contributed by atoms with E-state index in [0.717, 1.165) is 39.3 Å². The first-order valence-corrected chi connectivity index (χ1v) is 6.08. The lowest BCUT2D eigenvalue weighted by Gasteiger charge is -2.07. The fourth-order valence-electron chi connectivity index (χ4n) is 2.38. The van der Waals surface area contributed by atoms with Gasteiger partial charge in [0.1, 0.15) is 5.75 Å². The fourth-order valence-corrected chi connectivity index (χ4v) is 2.38. The highest BCUT2D eigenvalue weighted by Crippen LogP contribution is 2.35. The molecule has 0 atom stereocenters. The molecule has 96 valence electrons. The van der Waals surface area contributed by atoms with Crippen LogP contribution in [0.5, 0.6) is 5.75 Å². The summed E-state index contributed by atoms with van der Waals surface area (Å²) in [7, 11) is 1.67. The number of aromatic amines is 1. The van der Waals surface area contributed by atoms with Gasteiger partial charge < -0.3 is 15.5 Å². The van der Waals surface area contributed by atoms with E-state index in [0.29, 0.717) is 0 Å². The van der Waals surface area contributed by atoms with E-state index in [1.165, 1.54) is 0 Å². The zero-order chi connectivity index (χ0) is 13.4. The highest BCUT2D eigenvalue weighted by atomic mass is 16.5. The number of nitrogens with one attached hydrogen (secondary N) is 1. The summed E-state index contributed by atoms with van der Waals surface area (Å²) in [5, 5.41) is 0.987. The summed E-state index contributed by atoms with van der Waals surface area (Å²) >= 11 is 0. The van der Waals surface area contributed by atoms with Crippen molar-refractivity contribution in [2.75, 3.05) is 12.8 Å². The Kier molecular flexibility index (Phi) is 2.63. The molecule has 0 saturated carbocycles. The van der Waals surface area contributed by atoms with Gasteiger partial charge in [0, 0.05) is 11.6 Å². The topological polar surface area (TPSA) is 63.9 Å². The number of benzene rings is 1. The number of hydrogen-bond acceptors (Lipinski definition) is 3. The van der Waals surface area contributed by atoms with E-state index in [9.17, 15) is 0 Å². The summed E-state index contributed by atoms with van der Waals surface area (Å²) in [4.78, 5) is 7.65. The van der Waals surface area contributed by atoms with Crippen LogP contribution in [0.2, 0.25) is 0 Å². The molecule has 0 aliphatic heterocycles. The molecule has 0 aliphatic rings. The Hall–Kier alpha value is -2.49. The highest BCUT2D eigenvalue weighted by Gasteiger charge is 2.13. The molecule has 0 aliphatic carbocycles. The maximum Gasteiger partial charge on any atom is 0.131 e. The van der Waals surface area contributed by atoms with E-state index < -0.39 is 0 Å². The lowest BCUT2D eigenvalue weighted by Crippen LogP contribution is -1.92. The molecule has 19 heavy (non-hydrogen) atoms. The van der Waals surface area contributed by atoms with Crippen molar-refractivity contribution in [2.45, 2.75) is 6.92 Å². The second-order valence-corrected chi connectivity index (χ2v) is 4.50. The summed E-state index contributed by atoms with van der Waals surface area (Å²) < 4.78 is 5.47. The maximum atomic E-state index is 6.06. The van der Waals surface area contributed by atoms with Crippen LogP contribution in [0.25, 0.3) is 22.3 Å². The Morgan fingerprint density at radius 2 is 2.11 bits per heavy atom. The molecule has 0 fully saturated rings. The number of nitrogen functional groups attached to an aromatic ring is 1. The number of ether oxygens (including phenoxy) is 1. The van der Waals surface area contributed by atoms with Gasteiger partial charge in [0.2, 0.25) is 0 Å². The first kappa shape index (κ1) is 11.6. The number of fused-ring (bicyclic) bond motifs is 1. The van der Waals surface area contributed by atoms with E-state index >= 15 is 0 Å². The summed E-state index contributed by atoms with van der Waals surface area (Å²) in [6.45, 7) is 1.99. The predicted octanol–water partition coefficient (Wildman–Crippen LogP) is 3.13. The van der Waals surface area contributed by atoms with Gasteiger partial charge in [-0.05, 0) is 36.8 Å². The van der Waals surface area contributed by atoms with Crippen molar-refractivity contribution in [3.8, 4) is 17.1 Å². The average Bonchev–Trinajstić information content (AvgIpc) is 2.85. The second-order valence-electron chi connectivity index (χ2n) is 4.50. The SMILES string of the molecule is COc1c(C)cc(N)c2[nH]c(-c3ccccn3)cc12. The van der Waals surface area contributed by atoms with Crippen molar-refractivity contribution >= 4 is 16.6 Å². The summed E-state index contributed by atoms with van der Waals surface area (Å²) in [6.07, 6.45) is 1.77. The third-order valence-corrected chi connectivity index (χ3v) is 3.23. The van der Waals surface area contributed by atoms with E-state index in [-0.39, 0.29) is 0 Å². The van der Waals surface area contributed by atoms with Crippen LogP contribution in [0.3, 0.4) is 0 Å². The minimum Gasteiger partial charge on any atom is -0.496 e. The van der Waals surface area contributed by atoms with Gasteiger partial charge in [0.25, 0.3) is 0 Å². The van der Waals surface area contributed by atoms with Crippen molar-refractivity contribution in [1.82, 2.24) is 9.97 Å². The van der Waals surface area contributed by atoms with Crippen LogP contribution >= 0.6 is 0 Å². The molecule has 3 aromatic rings. The van der Waals surface area contributed by atoms with Gasteiger partial charge in [-0.15, -0.1) is 0 Å². The predicted molar refractivity (Wildman–Crippen MR) is 77.2 cm³/mol. The lowest BCUT2D eigenvalue weighted by molar-refractivity contribution is 0.417. The molecule has 0 radical (unpaired) electrons. The molecule has 2 heterocycles. The molecule has 0 unspecified atom stereocenters. The zero-order valence-electron chi connectivity index (χ0n) is 10.9. The highest BCUT2D eigenvalue weighted by molar-refractivity contribution is 5.98. The van der Waals surface area contributed by atoms with Crippen LogP contribution < -0.4 is 10.5 Å². The fraction of sp³-hybridized carbons (Fsp3) is 0.133. The minimum atomic E-state index is 0.718. The number of hydrogen-bond donors (Lipinski definition) is 2. The van der Waals surface area contributed by atoms with Crippen LogP contribution in [0.1, 0.15) is 5.56 Å². The molecule has 2 aromatic heterocycles. The van der Waals surface area contributed by atoms with Gasteiger partial charge in [-0.2, -0.15) is 0 Å². The molecule has 3 N–H and O–H groups in total. The molecule has 0 spiro atoms. The van der Waals surface area contributed by atoms with E-state index in [4.69, 9.17) is 10.5 Å². The maximum absolute atomic E-state index is 6.06. The number of rotatable bonds is 2. The minimum absolute atomic E-state index is 0.718. The normalized spacial score (nSPS) is 10.8. The summed E-state index contributed by atoms with van der Waals surface area (Å²) in [5.74, 6) is 0.850. The van der Waals surface area contributed by atoms with Crippen LogP contribution in [0.15, 0.2) is 36.5 Å². The van der Waals surface area contributed by atoms with E-state index in [2.05, 4.69) is 9.97 Å². The number of H-pyrrole nitrogens is 1. The van der Waals surface area contributed by atoms with E-state index in [1.54, 1.807) is 13.3 Å². The second kappa shape index (κ2) is 4.31. The number of aryl methyl sites for hydroxylation is 1. The molecule has 4 nitrogen and oxygen atoms in total. The Morgan fingerprint density at radius 3 is 2.79 bits per heavy atom. The van der Waals surface area contributed by atoms with Crippen LogP contribution in [0.4, 0.5) is 5.69 Å². The molecule has 3 rings (SSSR count). The van der Waals surface area contributed by atoms with Gasteiger partial charge in [-0.3, -0.25) is 4.98 Å². The molecular formula is C15H15N3O. The number of methoxy groups -OCH3 is 1. The van der Waals surface area contributed by atoms with Crippen molar-refractivity contribution in [3.05, 3.63) is 42.1 Å². The third-order valence-electron chi connectivity index (χ3n) is 3.23. The van der Waals surface area contributed by atoms with Crippen molar-refractivity contribution in [3.63, 3.8) is 0 Å². The van der Waals surface area contributed by atoms with E-state index in [1.807, 2.05) is 37.3 Å². The Balaban J connectivity index is 2.29. The molecule has 1 aromatic carbocycles. The molecule has 0 saturated heterocycles. The number of anilines is 1. The standard InChI is InChI=1S/C15H15N3O/c1-9-7-11(16)14-10(15(9)19-2)8-13(18-14)12-5-3-4-6-17-12/h3-8,18H,16H2,1-2H3. The molecule has 0 amide bonds. The monoisotopic (exact) mass is 253 g/mol. The number of nitrogens with zero attached hydrogens (tertiary/aromatic N) is 1. The van der Waals surface area contributed by atoms with Gasteiger partial charge in [-0.25, -0.2) is 0 Å².